The number of carbonyl (C=O) groups is 2. The number of carboxylic acids is 1. The van der Waals surface area contributed by atoms with Gasteiger partial charge >= 0.3 is 12.1 Å². The zero-order valence-electron chi connectivity index (χ0n) is 15.5. The zero-order chi connectivity index (χ0) is 19.3. The largest absolute Gasteiger partial charge is 0.481 e. The molecule has 0 heterocycles. The number of benzene rings is 2. The fourth-order valence-corrected chi connectivity index (χ4v) is 4.96. The van der Waals surface area contributed by atoms with Gasteiger partial charge in [-0.25, -0.2) is 4.79 Å². The van der Waals surface area contributed by atoms with E-state index in [1.807, 2.05) is 24.3 Å². The van der Waals surface area contributed by atoms with Crippen LogP contribution in [0.15, 0.2) is 48.5 Å². The first-order valence-electron chi connectivity index (χ1n) is 9.96. The van der Waals surface area contributed by atoms with E-state index in [4.69, 9.17) is 9.84 Å². The number of hydrogen-bond donors (Lipinski definition) is 2. The predicted octanol–water partition coefficient (Wildman–Crippen LogP) is 4.02. The van der Waals surface area contributed by atoms with Gasteiger partial charge in [-0.2, -0.15) is 0 Å². The fraction of sp³-hybridized carbons (Fsp3) is 0.391. The molecule has 0 bridgehead atoms. The number of rotatable bonds is 5. The van der Waals surface area contributed by atoms with Crippen molar-refractivity contribution in [3.05, 3.63) is 59.7 Å². The third-order valence-electron chi connectivity index (χ3n) is 6.60. The van der Waals surface area contributed by atoms with E-state index >= 15 is 0 Å². The number of nitrogens with one attached hydrogen (secondary N) is 1. The Balaban J connectivity index is 1.15. The number of amides is 1. The monoisotopic (exact) mass is 377 g/mol. The SMILES string of the molecule is O=C(NC1CC(C2CC2C(=O)O)C1)OCC1c2ccccc2-c2ccccc21. The summed E-state index contributed by atoms with van der Waals surface area (Å²) in [4.78, 5) is 23.2. The van der Waals surface area contributed by atoms with Crippen LogP contribution in [-0.4, -0.2) is 29.8 Å². The van der Waals surface area contributed by atoms with Crippen molar-refractivity contribution in [3.63, 3.8) is 0 Å². The zero-order valence-corrected chi connectivity index (χ0v) is 15.5. The van der Waals surface area contributed by atoms with Crippen molar-refractivity contribution >= 4 is 12.1 Å². The van der Waals surface area contributed by atoms with Gasteiger partial charge in [0.2, 0.25) is 0 Å². The van der Waals surface area contributed by atoms with E-state index in [9.17, 15) is 9.59 Å². The van der Waals surface area contributed by atoms with E-state index < -0.39 is 5.97 Å². The molecule has 0 aliphatic heterocycles. The minimum absolute atomic E-state index is 0.0649. The van der Waals surface area contributed by atoms with Gasteiger partial charge < -0.3 is 15.2 Å². The lowest BCUT2D eigenvalue weighted by atomic mass is 9.76. The van der Waals surface area contributed by atoms with Gasteiger partial charge in [-0.3, -0.25) is 4.79 Å². The Hall–Kier alpha value is -2.82. The lowest BCUT2D eigenvalue weighted by Gasteiger charge is -2.36. The summed E-state index contributed by atoms with van der Waals surface area (Å²) in [7, 11) is 0. The van der Waals surface area contributed by atoms with Crippen LogP contribution in [0.1, 0.15) is 36.3 Å². The van der Waals surface area contributed by atoms with Crippen LogP contribution in [0.25, 0.3) is 11.1 Å². The lowest BCUT2D eigenvalue weighted by molar-refractivity contribution is -0.139. The van der Waals surface area contributed by atoms with Crippen molar-refractivity contribution in [2.45, 2.75) is 31.2 Å². The van der Waals surface area contributed by atoms with Crippen LogP contribution in [0.5, 0.6) is 0 Å². The molecule has 2 atom stereocenters. The van der Waals surface area contributed by atoms with Gasteiger partial charge in [-0.1, -0.05) is 48.5 Å². The summed E-state index contributed by atoms with van der Waals surface area (Å²) in [5.74, 6) is -0.0496. The number of aliphatic carboxylic acids is 1. The molecule has 2 N–H and O–H groups in total. The standard InChI is InChI=1S/C23H23NO4/c25-22(26)20-11-19(20)13-9-14(10-13)24-23(27)28-12-21-17-7-3-1-5-15(17)16-6-2-4-8-18(16)21/h1-8,13-14,19-21H,9-12H2,(H,24,27)(H,25,26). The Bertz CT molecular complexity index is 888. The first-order valence-corrected chi connectivity index (χ1v) is 9.96. The Morgan fingerprint density at radius 2 is 1.57 bits per heavy atom. The van der Waals surface area contributed by atoms with Crippen LogP contribution in [0, 0.1) is 17.8 Å². The molecule has 0 radical (unpaired) electrons. The van der Waals surface area contributed by atoms with Crippen molar-refractivity contribution in [3.8, 4) is 11.1 Å². The molecule has 2 unspecified atom stereocenters. The minimum Gasteiger partial charge on any atom is -0.481 e. The van der Waals surface area contributed by atoms with Crippen LogP contribution in [0.3, 0.4) is 0 Å². The molecule has 2 aromatic rings. The summed E-state index contributed by atoms with van der Waals surface area (Å²) in [6, 6.07) is 16.7. The second kappa shape index (κ2) is 6.66. The summed E-state index contributed by atoms with van der Waals surface area (Å²) in [5, 5.41) is 12.0. The molecule has 5 nitrogen and oxygen atoms in total. The van der Waals surface area contributed by atoms with Crippen molar-refractivity contribution in [2.75, 3.05) is 6.61 Å². The molecule has 0 spiro atoms. The van der Waals surface area contributed by atoms with E-state index in [-0.39, 0.29) is 24.0 Å². The van der Waals surface area contributed by atoms with E-state index in [0.717, 1.165) is 19.3 Å². The molecule has 5 rings (SSSR count). The fourth-order valence-electron chi connectivity index (χ4n) is 4.96. The lowest BCUT2D eigenvalue weighted by Crippen LogP contribution is -2.45. The second-order valence-electron chi connectivity index (χ2n) is 8.24. The van der Waals surface area contributed by atoms with Crippen molar-refractivity contribution in [1.29, 1.82) is 0 Å². The van der Waals surface area contributed by atoms with E-state index in [0.29, 0.717) is 18.4 Å². The third kappa shape index (κ3) is 2.95. The molecule has 28 heavy (non-hydrogen) atoms. The average molecular weight is 377 g/mol. The quantitative estimate of drug-likeness (QED) is 0.825. The maximum absolute atomic E-state index is 12.3. The highest BCUT2D eigenvalue weighted by Gasteiger charge is 2.51. The Kier molecular flexibility index (Phi) is 4.11. The maximum atomic E-state index is 12.3. The van der Waals surface area contributed by atoms with Crippen LogP contribution in [0.2, 0.25) is 0 Å². The van der Waals surface area contributed by atoms with Gasteiger partial charge in [0.25, 0.3) is 0 Å². The Morgan fingerprint density at radius 3 is 2.14 bits per heavy atom. The van der Waals surface area contributed by atoms with Gasteiger partial charge in [0.15, 0.2) is 0 Å². The summed E-state index contributed by atoms with van der Waals surface area (Å²) in [6.07, 6.45) is 2.13. The van der Waals surface area contributed by atoms with Crippen LogP contribution >= 0.6 is 0 Å². The predicted molar refractivity (Wildman–Crippen MR) is 104 cm³/mol. The maximum Gasteiger partial charge on any atom is 0.407 e. The smallest absolute Gasteiger partial charge is 0.407 e. The molecule has 2 saturated carbocycles. The highest BCUT2D eigenvalue weighted by Crippen LogP contribution is 2.51. The van der Waals surface area contributed by atoms with Gasteiger partial charge in [0, 0.05) is 12.0 Å². The van der Waals surface area contributed by atoms with Crippen molar-refractivity contribution < 1.29 is 19.4 Å². The topological polar surface area (TPSA) is 75.6 Å². The molecule has 0 aromatic heterocycles. The molecule has 3 aliphatic rings. The molecule has 3 aliphatic carbocycles. The molecule has 1 amide bonds. The van der Waals surface area contributed by atoms with Crippen LogP contribution < -0.4 is 5.32 Å². The summed E-state index contributed by atoms with van der Waals surface area (Å²) in [5.41, 5.74) is 4.83. The highest BCUT2D eigenvalue weighted by atomic mass is 16.5. The first kappa shape index (κ1) is 17.3. The molecule has 144 valence electrons. The van der Waals surface area contributed by atoms with Crippen LogP contribution in [-0.2, 0) is 9.53 Å². The van der Waals surface area contributed by atoms with E-state index in [1.165, 1.54) is 22.3 Å². The number of carboxylic acid groups (broad SMARTS) is 1. The average Bonchev–Trinajstić information content (AvgIpc) is 3.39. The molecule has 2 aromatic carbocycles. The number of alkyl carbamates (subject to hydrolysis) is 1. The van der Waals surface area contributed by atoms with Gasteiger partial charge in [0.05, 0.1) is 5.92 Å². The van der Waals surface area contributed by atoms with Crippen LogP contribution in [0.4, 0.5) is 4.79 Å². The highest BCUT2D eigenvalue weighted by molar-refractivity contribution is 5.79. The summed E-state index contributed by atoms with van der Waals surface area (Å²) < 4.78 is 5.57. The summed E-state index contributed by atoms with van der Waals surface area (Å²) >= 11 is 0. The molecule has 0 saturated heterocycles. The number of fused-ring (bicyclic) bond motifs is 3. The van der Waals surface area contributed by atoms with Gasteiger partial charge in [-0.05, 0) is 53.4 Å². The van der Waals surface area contributed by atoms with Crippen molar-refractivity contribution in [2.24, 2.45) is 17.8 Å². The second-order valence-corrected chi connectivity index (χ2v) is 8.24. The number of carbonyl (C=O) groups excluding carboxylic acids is 1. The molecule has 5 heteroatoms. The molecule has 2 fully saturated rings. The minimum atomic E-state index is -0.682. The van der Waals surface area contributed by atoms with E-state index in [1.54, 1.807) is 0 Å². The van der Waals surface area contributed by atoms with E-state index in [2.05, 4.69) is 29.6 Å². The van der Waals surface area contributed by atoms with Gasteiger partial charge in [0.1, 0.15) is 6.61 Å². The normalized spacial score (nSPS) is 27.3. The van der Waals surface area contributed by atoms with Crippen molar-refractivity contribution in [1.82, 2.24) is 5.32 Å². The first-order chi connectivity index (χ1) is 13.6. The molecular formula is C23H23NO4. The Morgan fingerprint density at radius 1 is 0.964 bits per heavy atom. The number of hydrogen-bond acceptors (Lipinski definition) is 3. The Labute approximate surface area is 163 Å². The summed E-state index contributed by atoms with van der Waals surface area (Å²) in [6.45, 7) is 0.319. The molecular weight excluding hydrogens is 354 g/mol. The van der Waals surface area contributed by atoms with Gasteiger partial charge in [-0.15, -0.1) is 0 Å². The number of ether oxygens (including phenoxy) is 1. The third-order valence-corrected chi connectivity index (χ3v) is 6.60.